The summed E-state index contributed by atoms with van der Waals surface area (Å²) in [5.41, 5.74) is 2.49. The second kappa shape index (κ2) is 12.4. The van der Waals surface area contributed by atoms with Crippen LogP contribution in [0.1, 0.15) is 42.9 Å². The number of aliphatic hydroxyl groups excluding tert-OH is 1. The van der Waals surface area contributed by atoms with Gasteiger partial charge in [0.2, 0.25) is 5.91 Å². The zero-order chi connectivity index (χ0) is 31.0. The smallest absolute Gasteiger partial charge is 0.320 e. The number of alkyl halides is 2. The summed E-state index contributed by atoms with van der Waals surface area (Å²) in [5.74, 6) is -0.0522. The molecule has 14 heteroatoms. The van der Waals surface area contributed by atoms with E-state index in [1.54, 1.807) is 17.0 Å². The Kier molecular flexibility index (Phi) is 8.36. The molecule has 1 amide bonds. The van der Waals surface area contributed by atoms with Crippen LogP contribution in [0.25, 0.3) is 22.3 Å². The van der Waals surface area contributed by atoms with Gasteiger partial charge in [0.1, 0.15) is 29.1 Å². The molecule has 232 valence electrons. The SMILES string of the molecule is C=CC(=O)N1CC(CN2CCC(n3nnc(-c4cc(OC(CO)c5ccc(F)cn5)c5c(c4)ncn5C(F)F)c3C)CC2)C1. The first kappa shape index (κ1) is 29.8. The van der Waals surface area contributed by atoms with Crippen LogP contribution in [0.5, 0.6) is 5.75 Å². The second-order valence-corrected chi connectivity index (χ2v) is 11.3. The third-order valence-electron chi connectivity index (χ3n) is 8.42. The molecule has 1 unspecified atom stereocenters. The lowest BCUT2D eigenvalue weighted by Gasteiger charge is -2.42. The Morgan fingerprint density at radius 1 is 1.20 bits per heavy atom. The summed E-state index contributed by atoms with van der Waals surface area (Å²) >= 11 is 0. The van der Waals surface area contributed by atoms with Gasteiger partial charge in [-0.05, 0) is 50.1 Å². The highest BCUT2D eigenvalue weighted by atomic mass is 19.3. The lowest BCUT2D eigenvalue weighted by molar-refractivity contribution is -0.132. The standard InChI is InChI=1S/C30H33F3N8O3/c1-3-27(43)39-14-19(15-39)13-38-8-6-22(7-9-38)41-18(2)28(36-37-41)20-10-24-29(40(17-35-24)30(32)33)25(11-20)44-26(16-42)23-5-4-21(31)12-34-23/h3-5,10-12,17,19,22,26,30,42H,1,6-9,13-16H2,2H3. The van der Waals surface area contributed by atoms with Crippen LogP contribution in [0.2, 0.25) is 0 Å². The van der Waals surface area contributed by atoms with Crippen LogP contribution in [-0.4, -0.2) is 89.7 Å². The molecule has 0 spiro atoms. The normalized spacial score (nSPS) is 17.3. The van der Waals surface area contributed by atoms with Crippen LogP contribution in [0.4, 0.5) is 13.2 Å². The highest BCUT2D eigenvalue weighted by Crippen LogP contribution is 2.37. The van der Waals surface area contributed by atoms with Crippen molar-refractivity contribution >= 4 is 16.9 Å². The van der Waals surface area contributed by atoms with Crippen molar-refractivity contribution in [2.24, 2.45) is 5.92 Å². The molecule has 2 aliphatic rings. The van der Waals surface area contributed by atoms with Gasteiger partial charge in [-0.3, -0.25) is 14.3 Å². The van der Waals surface area contributed by atoms with E-state index >= 15 is 0 Å². The Balaban J connectivity index is 1.21. The average molecular weight is 611 g/mol. The van der Waals surface area contributed by atoms with Gasteiger partial charge in [0.05, 0.1) is 35.8 Å². The van der Waals surface area contributed by atoms with E-state index in [2.05, 4.69) is 31.8 Å². The van der Waals surface area contributed by atoms with Crippen molar-refractivity contribution in [2.45, 2.75) is 38.5 Å². The predicted octanol–water partition coefficient (Wildman–Crippen LogP) is 3.93. The Bertz CT molecular complexity index is 1640. The van der Waals surface area contributed by atoms with E-state index in [0.717, 1.165) is 63.8 Å². The van der Waals surface area contributed by atoms with Crippen LogP contribution >= 0.6 is 0 Å². The number of nitrogens with zero attached hydrogens (tertiary/aromatic N) is 8. The lowest BCUT2D eigenvalue weighted by Crippen LogP contribution is -2.54. The average Bonchev–Trinajstić information content (AvgIpc) is 3.62. The number of carbonyl (C=O) groups is 1. The number of amides is 1. The van der Waals surface area contributed by atoms with E-state index in [0.29, 0.717) is 21.7 Å². The number of imidazole rings is 1. The molecule has 1 aromatic carbocycles. The molecule has 0 radical (unpaired) electrons. The van der Waals surface area contributed by atoms with Crippen LogP contribution in [0.3, 0.4) is 0 Å². The molecule has 2 saturated heterocycles. The molecule has 3 aromatic heterocycles. The van der Waals surface area contributed by atoms with Crippen LogP contribution in [0.15, 0.2) is 49.4 Å². The van der Waals surface area contributed by atoms with Gasteiger partial charge >= 0.3 is 6.55 Å². The molecule has 1 atom stereocenters. The number of halogens is 3. The highest BCUT2D eigenvalue weighted by molar-refractivity contribution is 5.88. The van der Waals surface area contributed by atoms with E-state index in [9.17, 15) is 23.1 Å². The minimum Gasteiger partial charge on any atom is -0.479 e. The summed E-state index contributed by atoms with van der Waals surface area (Å²) in [6, 6.07) is 5.94. The first-order valence-electron chi connectivity index (χ1n) is 14.5. The number of aliphatic hydroxyl groups is 1. The molecule has 1 N–H and O–H groups in total. The summed E-state index contributed by atoms with van der Waals surface area (Å²) in [7, 11) is 0. The Morgan fingerprint density at radius 3 is 2.64 bits per heavy atom. The number of hydrogen-bond acceptors (Lipinski definition) is 8. The summed E-state index contributed by atoms with van der Waals surface area (Å²) in [4.78, 5) is 24.1. The maximum atomic E-state index is 13.9. The molecule has 5 heterocycles. The van der Waals surface area contributed by atoms with E-state index in [-0.39, 0.29) is 34.4 Å². The fraction of sp³-hybridized carbons (Fsp3) is 0.433. The zero-order valence-electron chi connectivity index (χ0n) is 24.2. The molecule has 2 fully saturated rings. The zero-order valence-corrected chi connectivity index (χ0v) is 24.2. The number of hydrogen-bond donors (Lipinski definition) is 1. The molecule has 2 aliphatic heterocycles. The van der Waals surface area contributed by atoms with E-state index < -0.39 is 25.1 Å². The predicted molar refractivity (Wildman–Crippen MR) is 154 cm³/mol. The fourth-order valence-corrected chi connectivity index (χ4v) is 6.09. The summed E-state index contributed by atoms with van der Waals surface area (Å²) in [6.07, 6.45) is 4.13. The lowest BCUT2D eigenvalue weighted by atomic mass is 9.97. The van der Waals surface area contributed by atoms with Gasteiger partial charge < -0.3 is 19.6 Å². The fourth-order valence-electron chi connectivity index (χ4n) is 6.09. The van der Waals surface area contributed by atoms with Crippen LogP contribution < -0.4 is 4.74 Å². The molecule has 11 nitrogen and oxygen atoms in total. The maximum Gasteiger partial charge on any atom is 0.320 e. The van der Waals surface area contributed by atoms with Gasteiger partial charge in [-0.15, -0.1) is 5.10 Å². The van der Waals surface area contributed by atoms with Gasteiger partial charge in [-0.2, -0.15) is 8.78 Å². The first-order chi connectivity index (χ1) is 21.2. The van der Waals surface area contributed by atoms with Gasteiger partial charge in [0, 0.05) is 44.2 Å². The number of piperidine rings is 1. The largest absolute Gasteiger partial charge is 0.479 e. The summed E-state index contributed by atoms with van der Waals surface area (Å²) < 4.78 is 49.9. The Labute approximate surface area is 251 Å². The number of likely N-dealkylation sites (tertiary alicyclic amines) is 2. The number of carbonyl (C=O) groups excluding carboxylic acids is 1. The van der Waals surface area contributed by atoms with Crippen molar-refractivity contribution in [3.63, 3.8) is 0 Å². The number of ether oxygens (including phenoxy) is 1. The van der Waals surface area contributed by atoms with Crippen molar-refractivity contribution in [3.8, 4) is 17.0 Å². The second-order valence-electron chi connectivity index (χ2n) is 11.3. The molecule has 0 bridgehead atoms. The van der Waals surface area contributed by atoms with Crippen molar-refractivity contribution in [2.75, 3.05) is 39.3 Å². The van der Waals surface area contributed by atoms with Gasteiger partial charge in [0.25, 0.3) is 0 Å². The molecular weight excluding hydrogens is 577 g/mol. The van der Waals surface area contributed by atoms with E-state index in [1.807, 2.05) is 11.6 Å². The third-order valence-corrected chi connectivity index (χ3v) is 8.42. The first-order valence-corrected chi connectivity index (χ1v) is 14.5. The van der Waals surface area contributed by atoms with Gasteiger partial charge in [0.15, 0.2) is 6.10 Å². The van der Waals surface area contributed by atoms with Crippen molar-refractivity contribution in [1.29, 1.82) is 0 Å². The summed E-state index contributed by atoms with van der Waals surface area (Å²) in [5, 5.41) is 19.0. The molecule has 6 rings (SSSR count). The number of pyridine rings is 1. The van der Waals surface area contributed by atoms with Crippen molar-refractivity contribution < 1.29 is 27.8 Å². The number of fused-ring (bicyclic) bond motifs is 1. The Morgan fingerprint density at radius 2 is 1.98 bits per heavy atom. The molecule has 0 aliphatic carbocycles. The topological polar surface area (TPSA) is 114 Å². The monoisotopic (exact) mass is 610 g/mol. The molecule has 44 heavy (non-hydrogen) atoms. The minimum absolute atomic E-state index is 0.0178. The molecule has 4 aromatic rings. The minimum atomic E-state index is -2.88. The van der Waals surface area contributed by atoms with Gasteiger partial charge in [-0.1, -0.05) is 11.8 Å². The molecule has 0 saturated carbocycles. The maximum absolute atomic E-state index is 13.9. The van der Waals surface area contributed by atoms with E-state index in [4.69, 9.17) is 4.74 Å². The van der Waals surface area contributed by atoms with E-state index in [1.165, 1.54) is 18.2 Å². The quantitative estimate of drug-likeness (QED) is 0.269. The van der Waals surface area contributed by atoms with Crippen LogP contribution in [-0.2, 0) is 4.79 Å². The molecular formula is C30H33F3N8O3. The highest BCUT2D eigenvalue weighted by Gasteiger charge is 2.32. The number of rotatable bonds is 10. The third kappa shape index (κ3) is 5.78. The number of benzene rings is 1. The van der Waals surface area contributed by atoms with Gasteiger partial charge in [-0.25, -0.2) is 14.1 Å². The summed E-state index contributed by atoms with van der Waals surface area (Å²) in [6.45, 7) is 6.35. The number of aromatic nitrogens is 6. The van der Waals surface area contributed by atoms with Crippen molar-refractivity contribution in [3.05, 3.63) is 66.6 Å². The Hall–Kier alpha value is -4.30. The van der Waals surface area contributed by atoms with Crippen molar-refractivity contribution in [1.82, 2.24) is 39.3 Å². The van der Waals surface area contributed by atoms with Crippen LogP contribution in [0, 0.1) is 18.7 Å².